The molecule has 0 atom stereocenters. The molecule has 0 N–H and O–H groups in total. The Morgan fingerprint density at radius 3 is 2.77 bits per heavy atom. The van der Waals surface area contributed by atoms with Crippen molar-refractivity contribution < 1.29 is 4.79 Å². The maximum Gasteiger partial charge on any atom is 0.130 e. The Hall–Kier alpha value is -1.12. The summed E-state index contributed by atoms with van der Waals surface area (Å²) in [5.74, 6) is 0.235. The molecule has 0 saturated heterocycles. The first-order valence-corrected chi connectivity index (χ1v) is 4.64. The van der Waals surface area contributed by atoms with E-state index < -0.39 is 0 Å². The molecule has 72 valence electrons. The fraction of sp³-hybridized carbons (Fsp3) is 0.600. The first-order valence-electron chi connectivity index (χ1n) is 4.64. The third-order valence-electron chi connectivity index (χ3n) is 2.12. The number of rotatable bonds is 4. The van der Waals surface area contributed by atoms with E-state index in [0.717, 1.165) is 24.2 Å². The molecule has 1 heterocycles. The van der Waals surface area contributed by atoms with E-state index in [1.165, 1.54) is 0 Å². The molecular formula is C10H16N2O. The van der Waals surface area contributed by atoms with Gasteiger partial charge < -0.3 is 4.79 Å². The summed E-state index contributed by atoms with van der Waals surface area (Å²) in [6.45, 7) is 3.70. The molecule has 0 spiro atoms. The monoisotopic (exact) mass is 180 g/mol. The van der Waals surface area contributed by atoms with E-state index in [4.69, 9.17) is 0 Å². The van der Waals surface area contributed by atoms with Gasteiger partial charge >= 0.3 is 0 Å². The summed E-state index contributed by atoms with van der Waals surface area (Å²) < 4.78 is 1.86. The van der Waals surface area contributed by atoms with Gasteiger partial charge in [-0.05, 0) is 25.8 Å². The van der Waals surface area contributed by atoms with Crippen molar-refractivity contribution in [2.75, 3.05) is 0 Å². The van der Waals surface area contributed by atoms with Crippen molar-refractivity contribution in [2.24, 2.45) is 7.05 Å². The molecule has 0 aliphatic heterocycles. The van der Waals surface area contributed by atoms with E-state index >= 15 is 0 Å². The topological polar surface area (TPSA) is 34.9 Å². The second kappa shape index (κ2) is 4.21. The molecule has 0 aromatic carbocycles. The Morgan fingerprint density at radius 2 is 2.31 bits per heavy atom. The summed E-state index contributed by atoms with van der Waals surface area (Å²) in [7, 11) is 1.93. The number of carbonyl (C=O) groups is 1. The summed E-state index contributed by atoms with van der Waals surface area (Å²) in [4.78, 5) is 10.8. The molecule has 1 rings (SSSR count). The van der Waals surface area contributed by atoms with E-state index in [1.807, 2.05) is 11.7 Å². The van der Waals surface area contributed by atoms with E-state index in [9.17, 15) is 4.79 Å². The minimum atomic E-state index is 0.235. The van der Waals surface area contributed by atoms with Crippen molar-refractivity contribution in [2.45, 2.75) is 33.1 Å². The molecular weight excluding hydrogens is 164 g/mol. The zero-order chi connectivity index (χ0) is 9.84. The van der Waals surface area contributed by atoms with Crippen molar-refractivity contribution in [3.05, 3.63) is 17.5 Å². The molecule has 1 aromatic rings. The zero-order valence-electron chi connectivity index (χ0n) is 8.50. The summed E-state index contributed by atoms with van der Waals surface area (Å²) in [6.07, 6.45) is 2.37. The number of aromatic nitrogens is 2. The van der Waals surface area contributed by atoms with Crippen molar-refractivity contribution in [3.8, 4) is 0 Å². The van der Waals surface area contributed by atoms with Crippen molar-refractivity contribution in [1.82, 2.24) is 9.78 Å². The molecule has 0 aliphatic carbocycles. The standard InChI is InChI=1S/C10H16N2O/c1-4-9-7-10(12(3)11-9)6-5-8(2)13/h7H,4-6H2,1-3H3. The van der Waals surface area contributed by atoms with Crippen LogP contribution in [0.3, 0.4) is 0 Å². The van der Waals surface area contributed by atoms with Crippen LogP contribution < -0.4 is 0 Å². The molecule has 13 heavy (non-hydrogen) atoms. The van der Waals surface area contributed by atoms with Crippen LogP contribution in [0.2, 0.25) is 0 Å². The summed E-state index contributed by atoms with van der Waals surface area (Å²) in [5.41, 5.74) is 2.24. The highest BCUT2D eigenvalue weighted by molar-refractivity contribution is 5.75. The van der Waals surface area contributed by atoms with Gasteiger partial charge in [0.15, 0.2) is 0 Å². The normalized spacial score (nSPS) is 10.4. The van der Waals surface area contributed by atoms with Crippen LogP contribution in [0.15, 0.2) is 6.07 Å². The number of Topliss-reactive ketones (excluding diaryl/α,β-unsaturated/α-hetero) is 1. The maximum atomic E-state index is 10.8. The number of aryl methyl sites for hydroxylation is 3. The smallest absolute Gasteiger partial charge is 0.130 e. The van der Waals surface area contributed by atoms with Crippen molar-refractivity contribution >= 4 is 5.78 Å². The second-order valence-electron chi connectivity index (χ2n) is 3.31. The van der Waals surface area contributed by atoms with Crippen LogP contribution in [0, 0.1) is 0 Å². The molecule has 0 aliphatic rings. The molecule has 0 radical (unpaired) electrons. The third kappa shape index (κ3) is 2.68. The first kappa shape index (κ1) is 9.96. The van der Waals surface area contributed by atoms with Gasteiger partial charge in [-0.3, -0.25) is 4.68 Å². The number of carbonyl (C=O) groups excluding carboxylic acids is 1. The van der Waals surface area contributed by atoms with Crippen LogP contribution >= 0.6 is 0 Å². The first-order chi connectivity index (χ1) is 6.13. The lowest BCUT2D eigenvalue weighted by atomic mass is 10.2. The lowest BCUT2D eigenvalue weighted by Crippen LogP contribution is -2.01. The highest BCUT2D eigenvalue weighted by Gasteiger charge is 2.04. The fourth-order valence-electron chi connectivity index (χ4n) is 1.28. The highest BCUT2D eigenvalue weighted by atomic mass is 16.1. The zero-order valence-corrected chi connectivity index (χ0v) is 8.50. The molecule has 0 amide bonds. The van der Waals surface area contributed by atoms with Crippen molar-refractivity contribution in [1.29, 1.82) is 0 Å². The molecule has 0 fully saturated rings. The SMILES string of the molecule is CCc1cc(CCC(C)=O)n(C)n1. The Kier molecular flexibility index (Phi) is 3.23. The Bertz CT molecular complexity index is 302. The van der Waals surface area contributed by atoms with E-state index in [2.05, 4.69) is 18.1 Å². The molecule has 3 nitrogen and oxygen atoms in total. The Morgan fingerprint density at radius 1 is 1.62 bits per heavy atom. The second-order valence-corrected chi connectivity index (χ2v) is 3.31. The van der Waals surface area contributed by atoms with Gasteiger partial charge in [-0.2, -0.15) is 5.10 Å². The maximum absolute atomic E-state index is 10.8. The van der Waals surface area contributed by atoms with Crippen LogP contribution in [0.25, 0.3) is 0 Å². The third-order valence-corrected chi connectivity index (χ3v) is 2.12. The largest absolute Gasteiger partial charge is 0.300 e. The van der Waals surface area contributed by atoms with E-state index in [-0.39, 0.29) is 5.78 Å². The molecule has 0 bridgehead atoms. The average Bonchev–Trinajstić information content (AvgIpc) is 2.43. The van der Waals surface area contributed by atoms with Gasteiger partial charge in [0.05, 0.1) is 5.69 Å². The Labute approximate surface area is 78.8 Å². The van der Waals surface area contributed by atoms with Crippen LogP contribution in [0.1, 0.15) is 31.7 Å². The Balaban J connectivity index is 2.65. The number of ketones is 1. The van der Waals surface area contributed by atoms with Gasteiger partial charge in [-0.15, -0.1) is 0 Å². The van der Waals surface area contributed by atoms with Gasteiger partial charge in [0.1, 0.15) is 5.78 Å². The van der Waals surface area contributed by atoms with Crippen LogP contribution in [0.4, 0.5) is 0 Å². The minimum Gasteiger partial charge on any atom is -0.300 e. The van der Waals surface area contributed by atoms with Gasteiger partial charge in [0.2, 0.25) is 0 Å². The summed E-state index contributed by atoms with van der Waals surface area (Å²) >= 11 is 0. The fourth-order valence-corrected chi connectivity index (χ4v) is 1.28. The van der Waals surface area contributed by atoms with Crippen LogP contribution in [0.5, 0.6) is 0 Å². The van der Waals surface area contributed by atoms with Crippen molar-refractivity contribution in [3.63, 3.8) is 0 Å². The van der Waals surface area contributed by atoms with Gasteiger partial charge in [0, 0.05) is 19.2 Å². The average molecular weight is 180 g/mol. The number of hydrogen-bond donors (Lipinski definition) is 0. The summed E-state index contributed by atoms with van der Waals surface area (Å²) in [5, 5.41) is 4.31. The van der Waals surface area contributed by atoms with Gasteiger partial charge in [-0.25, -0.2) is 0 Å². The quantitative estimate of drug-likeness (QED) is 0.704. The van der Waals surface area contributed by atoms with Crippen LogP contribution in [-0.2, 0) is 24.7 Å². The molecule has 0 unspecified atom stereocenters. The lowest BCUT2D eigenvalue weighted by molar-refractivity contribution is -0.117. The highest BCUT2D eigenvalue weighted by Crippen LogP contribution is 2.06. The van der Waals surface area contributed by atoms with Gasteiger partial charge in [-0.1, -0.05) is 6.92 Å². The lowest BCUT2D eigenvalue weighted by Gasteiger charge is -1.97. The minimum absolute atomic E-state index is 0.235. The molecule has 1 aromatic heterocycles. The van der Waals surface area contributed by atoms with Crippen LogP contribution in [-0.4, -0.2) is 15.6 Å². The van der Waals surface area contributed by atoms with Gasteiger partial charge in [0.25, 0.3) is 0 Å². The summed E-state index contributed by atoms with van der Waals surface area (Å²) in [6, 6.07) is 2.07. The predicted molar refractivity (Wildman–Crippen MR) is 51.6 cm³/mol. The number of nitrogens with zero attached hydrogens (tertiary/aromatic N) is 2. The molecule has 3 heteroatoms. The molecule has 0 saturated carbocycles. The number of hydrogen-bond acceptors (Lipinski definition) is 2. The van der Waals surface area contributed by atoms with E-state index in [0.29, 0.717) is 6.42 Å². The predicted octanol–water partition coefficient (Wildman–Crippen LogP) is 1.50. The van der Waals surface area contributed by atoms with E-state index in [1.54, 1.807) is 6.92 Å².